The second kappa shape index (κ2) is 6.23. The third-order valence-electron chi connectivity index (χ3n) is 1.72. The Morgan fingerprint density at radius 1 is 1.54 bits per heavy atom. The average molecular weight is 180 g/mol. The van der Waals surface area contributed by atoms with Gasteiger partial charge in [0, 0.05) is 0 Å². The van der Waals surface area contributed by atoms with E-state index in [1.165, 1.54) is 7.11 Å². The third-order valence-corrected chi connectivity index (χ3v) is 1.72. The van der Waals surface area contributed by atoms with Crippen molar-refractivity contribution in [2.75, 3.05) is 7.11 Å². The predicted molar refractivity (Wildman–Crippen MR) is 54.3 cm³/mol. The van der Waals surface area contributed by atoms with Crippen molar-refractivity contribution in [3.63, 3.8) is 0 Å². The highest BCUT2D eigenvalue weighted by molar-refractivity contribution is 5.76. The molecule has 0 saturated heterocycles. The summed E-state index contributed by atoms with van der Waals surface area (Å²) in [5.74, 6) is -0.467. The number of hydrogen-bond acceptors (Lipinski definition) is 2. The molecule has 0 saturated carbocycles. The molecule has 0 aromatic heterocycles. The molecule has 0 aliphatic rings. The fourth-order valence-electron chi connectivity index (χ4n) is 0.986. The molecule has 2 heteroatoms. The maximum atomic E-state index is 11.2. The molecule has 0 rings (SSSR count). The first kappa shape index (κ1) is 11.7. The van der Waals surface area contributed by atoms with E-state index in [9.17, 15) is 4.79 Å². The second-order valence-electron chi connectivity index (χ2n) is 2.65. The van der Waals surface area contributed by atoms with Crippen LogP contribution in [0.2, 0.25) is 0 Å². The molecule has 13 heavy (non-hydrogen) atoms. The van der Waals surface area contributed by atoms with E-state index in [4.69, 9.17) is 0 Å². The van der Waals surface area contributed by atoms with Crippen LogP contribution < -0.4 is 0 Å². The Morgan fingerprint density at radius 3 is 2.54 bits per heavy atom. The van der Waals surface area contributed by atoms with E-state index in [1.807, 2.05) is 25.2 Å². The Morgan fingerprint density at radius 2 is 2.15 bits per heavy atom. The average Bonchev–Trinajstić information content (AvgIpc) is 2.15. The van der Waals surface area contributed by atoms with Gasteiger partial charge in [0.05, 0.1) is 13.0 Å². The molecule has 0 aromatic carbocycles. The monoisotopic (exact) mass is 180 g/mol. The van der Waals surface area contributed by atoms with Crippen molar-refractivity contribution in [1.29, 1.82) is 0 Å². The summed E-state index contributed by atoms with van der Waals surface area (Å²) in [6.07, 6.45) is 7.23. The maximum Gasteiger partial charge on any atom is 0.312 e. The van der Waals surface area contributed by atoms with Gasteiger partial charge in [-0.1, -0.05) is 30.9 Å². The lowest BCUT2D eigenvalue weighted by atomic mass is 10.0. The first-order valence-corrected chi connectivity index (χ1v) is 4.20. The quantitative estimate of drug-likeness (QED) is 0.490. The summed E-state index contributed by atoms with van der Waals surface area (Å²) in [4.78, 5) is 11.2. The normalized spacial score (nSPS) is 14.2. The fourth-order valence-corrected chi connectivity index (χ4v) is 0.986. The first-order chi connectivity index (χ1) is 6.17. The van der Waals surface area contributed by atoms with E-state index < -0.39 is 0 Å². The van der Waals surface area contributed by atoms with Gasteiger partial charge in [0.25, 0.3) is 0 Å². The topological polar surface area (TPSA) is 26.3 Å². The first-order valence-electron chi connectivity index (χ1n) is 4.20. The molecule has 0 bridgehead atoms. The highest BCUT2D eigenvalue weighted by Gasteiger charge is 2.15. The van der Waals surface area contributed by atoms with Gasteiger partial charge in [-0.15, -0.1) is 0 Å². The number of rotatable bonds is 4. The smallest absolute Gasteiger partial charge is 0.312 e. The van der Waals surface area contributed by atoms with Crippen molar-refractivity contribution in [2.45, 2.75) is 13.8 Å². The van der Waals surface area contributed by atoms with Gasteiger partial charge in [-0.3, -0.25) is 4.79 Å². The number of allylic oxidation sites excluding steroid dienone is 4. The summed E-state index contributed by atoms with van der Waals surface area (Å²) in [7, 11) is 1.39. The van der Waals surface area contributed by atoms with Crippen LogP contribution in [0.1, 0.15) is 13.8 Å². The largest absolute Gasteiger partial charge is 0.469 e. The predicted octanol–water partition coefficient (Wildman–Crippen LogP) is 2.48. The van der Waals surface area contributed by atoms with Gasteiger partial charge >= 0.3 is 5.97 Å². The van der Waals surface area contributed by atoms with Crippen LogP contribution in [0.3, 0.4) is 0 Å². The zero-order chi connectivity index (χ0) is 10.3. The molecule has 0 aromatic rings. The molecule has 0 N–H and O–H groups in total. The highest BCUT2D eigenvalue weighted by Crippen LogP contribution is 2.13. The van der Waals surface area contributed by atoms with Crippen LogP contribution in [0.4, 0.5) is 0 Å². The highest BCUT2D eigenvalue weighted by atomic mass is 16.5. The fraction of sp³-hybridized carbons (Fsp3) is 0.364. The van der Waals surface area contributed by atoms with Gasteiger partial charge in [-0.25, -0.2) is 0 Å². The Hall–Kier alpha value is -1.31. The van der Waals surface area contributed by atoms with Crippen LogP contribution in [0.5, 0.6) is 0 Å². The Kier molecular flexibility index (Phi) is 5.60. The van der Waals surface area contributed by atoms with Crippen LogP contribution in [-0.2, 0) is 9.53 Å². The van der Waals surface area contributed by atoms with Crippen LogP contribution in [0.15, 0.2) is 36.5 Å². The van der Waals surface area contributed by atoms with Crippen LogP contribution in [0.25, 0.3) is 0 Å². The Labute approximate surface area is 79.6 Å². The lowest BCUT2D eigenvalue weighted by molar-refractivity contribution is -0.143. The van der Waals surface area contributed by atoms with Gasteiger partial charge in [0.1, 0.15) is 0 Å². The molecule has 0 fully saturated rings. The molecule has 1 unspecified atom stereocenters. The van der Waals surface area contributed by atoms with E-state index in [1.54, 1.807) is 13.0 Å². The number of carbonyl (C=O) groups is 1. The standard InChI is InChI=1S/C11H16O2/c1-5-7-10(8-6-2)9(3)11(12)13-4/h5-9H,1H2,2-4H3/b8-6-,10-7+. The molecule has 0 radical (unpaired) electrons. The molecular weight excluding hydrogens is 164 g/mol. The summed E-state index contributed by atoms with van der Waals surface area (Å²) in [6, 6.07) is 0. The number of esters is 1. The minimum Gasteiger partial charge on any atom is -0.469 e. The minimum absolute atomic E-state index is 0.230. The van der Waals surface area contributed by atoms with Crippen molar-refractivity contribution < 1.29 is 9.53 Å². The second-order valence-corrected chi connectivity index (χ2v) is 2.65. The van der Waals surface area contributed by atoms with E-state index in [0.717, 1.165) is 5.57 Å². The lowest BCUT2D eigenvalue weighted by Crippen LogP contribution is -2.14. The van der Waals surface area contributed by atoms with Gasteiger partial charge < -0.3 is 4.74 Å². The molecule has 1 atom stereocenters. The molecule has 72 valence electrons. The number of ether oxygens (including phenoxy) is 1. The molecule has 2 nitrogen and oxygen atoms in total. The lowest BCUT2D eigenvalue weighted by Gasteiger charge is -2.09. The molecule has 0 aliphatic carbocycles. The summed E-state index contributed by atoms with van der Waals surface area (Å²) in [6.45, 7) is 7.30. The van der Waals surface area contributed by atoms with Gasteiger partial charge in [-0.2, -0.15) is 0 Å². The third kappa shape index (κ3) is 3.74. The Bertz CT molecular complexity index is 236. The zero-order valence-corrected chi connectivity index (χ0v) is 8.41. The molecule has 0 heterocycles. The summed E-state index contributed by atoms with van der Waals surface area (Å²) < 4.78 is 4.64. The van der Waals surface area contributed by atoms with Gasteiger partial charge in [0.2, 0.25) is 0 Å². The molecule has 0 aliphatic heterocycles. The van der Waals surface area contributed by atoms with Crippen molar-refractivity contribution in [3.8, 4) is 0 Å². The zero-order valence-electron chi connectivity index (χ0n) is 8.41. The van der Waals surface area contributed by atoms with E-state index >= 15 is 0 Å². The number of carbonyl (C=O) groups excluding carboxylic acids is 1. The number of methoxy groups -OCH3 is 1. The van der Waals surface area contributed by atoms with Gasteiger partial charge in [-0.05, 0) is 19.4 Å². The van der Waals surface area contributed by atoms with Crippen molar-refractivity contribution >= 4 is 5.97 Å². The summed E-state index contributed by atoms with van der Waals surface area (Å²) in [5, 5.41) is 0. The summed E-state index contributed by atoms with van der Waals surface area (Å²) in [5.41, 5.74) is 0.907. The van der Waals surface area contributed by atoms with Gasteiger partial charge in [0.15, 0.2) is 0 Å². The van der Waals surface area contributed by atoms with Crippen LogP contribution >= 0.6 is 0 Å². The minimum atomic E-state index is -0.237. The SMILES string of the molecule is C=C/C=C(\C=C/C)C(C)C(=O)OC. The van der Waals surface area contributed by atoms with E-state index in [-0.39, 0.29) is 11.9 Å². The molecule has 0 amide bonds. The van der Waals surface area contributed by atoms with E-state index in [2.05, 4.69) is 11.3 Å². The van der Waals surface area contributed by atoms with E-state index in [0.29, 0.717) is 0 Å². The molecular formula is C11H16O2. The van der Waals surface area contributed by atoms with Crippen LogP contribution in [0, 0.1) is 5.92 Å². The van der Waals surface area contributed by atoms with Crippen LogP contribution in [-0.4, -0.2) is 13.1 Å². The molecule has 0 spiro atoms. The summed E-state index contributed by atoms with van der Waals surface area (Å²) >= 11 is 0. The number of hydrogen-bond donors (Lipinski definition) is 0. The van der Waals surface area contributed by atoms with Crippen molar-refractivity contribution in [1.82, 2.24) is 0 Å². The maximum absolute atomic E-state index is 11.2. The van der Waals surface area contributed by atoms with Crippen molar-refractivity contribution in [2.24, 2.45) is 5.92 Å². The Balaban J connectivity index is 4.64. The van der Waals surface area contributed by atoms with Crippen molar-refractivity contribution in [3.05, 3.63) is 36.5 Å².